The third-order valence-electron chi connectivity index (χ3n) is 11.3. The molecule has 0 amide bonds. The standard InChI is InChI=1S/C48H47F2N5O5S/c1-5-59-46(56)20-15-33-10-9-11-34(26-33)44-12-7-6-8-23-48(3,4)35-29-51-53(30-35)31-40-38-21-25-55(61(57,58)37-17-13-32(2)14-18-37)45(38)28-42(50)47(40)60-36-16-19-41(49)39(27-36)43-22-24-54(44)52-43/h6,8-11,13-14,16-19,21-22,24-30,44H,5,7,12,15,20,23,31H2,1-4H3/b8-6-. The highest BCUT2D eigenvalue weighted by Crippen LogP contribution is 2.39. The Morgan fingerprint density at radius 3 is 2.59 bits per heavy atom. The van der Waals surface area contributed by atoms with Crippen molar-refractivity contribution in [2.24, 2.45) is 0 Å². The lowest BCUT2D eigenvalue weighted by Crippen LogP contribution is -2.15. The molecule has 4 aromatic carbocycles. The Hall–Kier alpha value is -6.34. The van der Waals surface area contributed by atoms with E-state index in [1.165, 1.54) is 36.5 Å². The molecule has 1 unspecified atom stereocenters. The molecule has 6 bridgehead atoms. The molecule has 61 heavy (non-hydrogen) atoms. The molecule has 0 aliphatic carbocycles. The van der Waals surface area contributed by atoms with Crippen molar-refractivity contribution in [1.82, 2.24) is 23.5 Å². The monoisotopic (exact) mass is 843 g/mol. The molecule has 1 atom stereocenters. The summed E-state index contributed by atoms with van der Waals surface area (Å²) in [5.74, 6) is -1.57. The van der Waals surface area contributed by atoms with Crippen LogP contribution < -0.4 is 4.74 Å². The molecular weight excluding hydrogens is 797 g/mol. The number of halogens is 2. The van der Waals surface area contributed by atoms with E-state index >= 15 is 8.78 Å². The normalized spacial score (nSPS) is 16.1. The average Bonchev–Trinajstić information content (AvgIpc) is 4.02. The average molecular weight is 844 g/mol. The van der Waals surface area contributed by atoms with Gasteiger partial charge in [0.15, 0.2) is 11.6 Å². The number of aryl methyl sites for hydroxylation is 2. The molecule has 0 spiro atoms. The van der Waals surface area contributed by atoms with Gasteiger partial charge in [-0.05, 0) is 104 Å². The first kappa shape index (κ1) is 41.4. The number of benzene rings is 4. The van der Waals surface area contributed by atoms with Crippen LogP contribution in [-0.4, -0.2) is 44.5 Å². The largest absolute Gasteiger partial charge is 0.466 e. The number of hydrogen-bond donors (Lipinski definition) is 0. The van der Waals surface area contributed by atoms with Crippen LogP contribution in [0, 0.1) is 18.6 Å². The second-order valence-electron chi connectivity index (χ2n) is 16.1. The van der Waals surface area contributed by atoms with E-state index < -0.39 is 21.7 Å². The van der Waals surface area contributed by atoms with E-state index in [-0.39, 0.29) is 57.9 Å². The zero-order valence-electron chi connectivity index (χ0n) is 34.5. The van der Waals surface area contributed by atoms with Crippen molar-refractivity contribution < 1.29 is 31.5 Å². The van der Waals surface area contributed by atoms with Gasteiger partial charge in [-0.25, -0.2) is 21.2 Å². The van der Waals surface area contributed by atoms with Gasteiger partial charge in [-0.2, -0.15) is 10.2 Å². The number of allylic oxidation sites excluding steroid dienone is 2. The van der Waals surface area contributed by atoms with Gasteiger partial charge in [0.05, 0.1) is 41.5 Å². The third kappa shape index (κ3) is 8.65. The molecule has 0 radical (unpaired) electrons. The molecule has 10 nitrogen and oxygen atoms in total. The van der Waals surface area contributed by atoms with E-state index in [4.69, 9.17) is 14.6 Å². The number of aromatic nitrogens is 5. The van der Waals surface area contributed by atoms with Gasteiger partial charge in [0.25, 0.3) is 10.0 Å². The lowest BCUT2D eigenvalue weighted by atomic mass is 9.83. The maximum atomic E-state index is 16.6. The van der Waals surface area contributed by atoms with Gasteiger partial charge in [-0.1, -0.05) is 68.0 Å². The maximum Gasteiger partial charge on any atom is 0.306 e. The predicted octanol–water partition coefficient (Wildman–Crippen LogP) is 10.5. The first-order chi connectivity index (χ1) is 29.3. The second kappa shape index (κ2) is 17.0. The number of hydrogen-bond acceptors (Lipinski definition) is 7. The summed E-state index contributed by atoms with van der Waals surface area (Å²) in [6, 6.07) is 23.0. The van der Waals surface area contributed by atoms with E-state index in [9.17, 15) is 13.2 Å². The van der Waals surface area contributed by atoms with Gasteiger partial charge < -0.3 is 9.47 Å². The van der Waals surface area contributed by atoms with E-state index in [0.29, 0.717) is 42.5 Å². The quantitative estimate of drug-likeness (QED) is 0.116. The summed E-state index contributed by atoms with van der Waals surface area (Å²) in [7, 11) is -4.10. The number of fused-ring (bicyclic) bond motifs is 10. The summed E-state index contributed by atoms with van der Waals surface area (Å²) < 4.78 is 76.3. The number of rotatable bonds is 7. The summed E-state index contributed by atoms with van der Waals surface area (Å²) in [5.41, 5.74) is 4.55. The number of esters is 1. The molecule has 7 aromatic rings. The van der Waals surface area contributed by atoms with Crippen molar-refractivity contribution in [2.75, 3.05) is 6.61 Å². The zero-order chi connectivity index (χ0) is 42.9. The van der Waals surface area contributed by atoms with Crippen molar-refractivity contribution in [3.63, 3.8) is 0 Å². The predicted molar refractivity (Wildman–Crippen MR) is 230 cm³/mol. The molecule has 0 saturated carbocycles. The Kier molecular flexibility index (Phi) is 11.5. The Labute approximate surface area is 354 Å². The minimum Gasteiger partial charge on any atom is -0.466 e. The van der Waals surface area contributed by atoms with Gasteiger partial charge in [0.2, 0.25) is 0 Å². The molecule has 3 aromatic heterocycles. The number of ether oxygens (including phenoxy) is 2. The van der Waals surface area contributed by atoms with E-state index in [1.807, 2.05) is 42.2 Å². The minimum absolute atomic E-state index is 0.0496. The van der Waals surface area contributed by atoms with Crippen LogP contribution in [0.4, 0.5) is 8.78 Å². The van der Waals surface area contributed by atoms with Crippen LogP contribution in [-0.2, 0) is 37.9 Å². The van der Waals surface area contributed by atoms with Gasteiger partial charge in [-0.15, -0.1) is 0 Å². The second-order valence-corrected chi connectivity index (χ2v) is 17.9. The first-order valence-electron chi connectivity index (χ1n) is 20.4. The fourth-order valence-corrected chi connectivity index (χ4v) is 9.17. The van der Waals surface area contributed by atoms with Gasteiger partial charge in [0.1, 0.15) is 11.6 Å². The highest BCUT2D eigenvalue weighted by molar-refractivity contribution is 7.90. The highest BCUT2D eigenvalue weighted by atomic mass is 32.2. The van der Waals surface area contributed by atoms with Crippen molar-refractivity contribution in [2.45, 2.75) is 82.7 Å². The van der Waals surface area contributed by atoms with Crippen LogP contribution in [0.15, 0.2) is 127 Å². The van der Waals surface area contributed by atoms with Crippen LogP contribution in [0.2, 0.25) is 0 Å². The van der Waals surface area contributed by atoms with Crippen molar-refractivity contribution in [1.29, 1.82) is 0 Å². The Morgan fingerprint density at radius 2 is 1.79 bits per heavy atom. The lowest BCUT2D eigenvalue weighted by molar-refractivity contribution is -0.143. The first-order valence-corrected chi connectivity index (χ1v) is 21.8. The molecular formula is C48H47F2N5O5S. The Bertz CT molecular complexity index is 2880. The maximum absolute atomic E-state index is 16.6. The third-order valence-corrected chi connectivity index (χ3v) is 13.0. The van der Waals surface area contributed by atoms with Crippen LogP contribution >= 0.6 is 0 Å². The van der Waals surface area contributed by atoms with E-state index in [1.54, 1.807) is 42.1 Å². The van der Waals surface area contributed by atoms with Crippen LogP contribution in [0.3, 0.4) is 0 Å². The molecule has 4 heterocycles. The molecule has 1 aliphatic rings. The molecule has 0 fully saturated rings. The van der Waals surface area contributed by atoms with Gasteiger partial charge in [0, 0.05) is 47.6 Å². The van der Waals surface area contributed by atoms with E-state index in [2.05, 4.69) is 37.2 Å². The zero-order valence-corrected chi connectivity index (χ0v) is 35.3. The summed E-state index contributed by atoms with van der Waals surface area (Å²) in [4.78, 5) is 12.2. The smallest absolute Gasteiger partial charge is 0.306 e. The van der Waals surface area contributed by atoms with Crippen LogP contribution in [0.5, 0.6) is 11.5 Å². The van der Waals surface area contributed by atoms with Crippen LogP contribution in [0.1, 0.15) is 80.3 Å². The number of carbonyl (C=O) groups is 1. The number of nitrogens with zero attached hydrogens (tertiary/aromatic N) is 5. The summed E-state index contributed by atoms with van der Waals surface area (Å²) in [6.45, 7) is 8.31. The molecule has 8 rings (SSSR count). The number of carbonyl (C=O) groups excluding carboxylic acids is 1. The molecule has 0 N–H and O–H groups in total. The summed E-state index contributed by atoms with van der Waals surface area (Å²) >= 11 is 0. The van der Waals surface area contributed by atoms with Crippen molar-refractivity contribution in [3.05, 3.63) is 161 Å². The van der Waals surface area contributed by atoms with Crippen molar-refractivity contribution in [3.8, 4) is 22.8 Å². The lowest BCUT2D eigenvalue weighted by Gasteiger charge is -2.21. The van der Waals surface area contributed by atoms with E-state index in [0.717, 1.165) is 38.7 Å². The van der Waals surface area contributed by atoms with Crippen molar-refractivity contribution >= 4 is 26.9 Å². The molecule has 1 aliphatic heterocycles. The molecule has 13 heteroatoms. The minimum atomic E-state index is -4.10. The molecule has 314 valence electrons. The van der Waals surface area contributed by atoms with Gasteiger partial charge in [-0.3, -0.25) is 14.2 Å². The Balaban J connectivity index is 1.22. The Morgan fingerprint density at radius 1 is 0.967 bits per heavy atom. The van der Waals surface area contributed by atoms with Crippen LogP contribution in [0.25, 0.3) is 22.2 Å². The summed E-state index contributed by atoms with van der Waals surface area (Å²) in [6.07, 6.45) is 14.2. The highest BCUT2D eigenvalue weighted by Gasteiger charge is 2.27. The fourth-order valence-electron chi connectivity index (χ4n) is 7.83. The fraction of sp³-hybridized carbons (Fsp3) is 0.271. The topological polar surface area (TPSA) is 110 Å². The summed E-state index contributed by atoms with van der Waals surface area (Å²) in [5, 5.41) is 10.0. The molecule has 0 saturated heterocycles. The SMILES string of the molecule is CCOC(=O)CCc1cccc(C2CC/C=C\CC(C)(C)c3cnn(c3)Cc3c(c(F)cc4c3ccn4S(=O)(=O)c3ccc(C)cc3)Oc3ccc(F)c(c3)-c3ccn2n3)c1. The van der Waals surface area contributed by atoms with Gasteiger partial charge >= 0.3 is 5.97 Å².